The van der Waals surface area contributed by atoms with Crippen LogP contribution in [0.2, 0.25) is 0 Å². The van der Waals surface area contributed by atoms with Crippen LogP contribution in [0, 0.1) is 0 Å². The van der Waals surface area contributed by atoms with Crippen LogP contribution >= 0.6 is 0 Å². The summed E-state index contributed by atoms with van der Waals surface area (Å²) >= 11 is 0. The molecule has 1 aromatic carbocycles. The number of nitrogens with one attached hydrogen (secondary N) is 1. The van der Waals surface area contributed by atoms with Crippen LogP contribution in [0.1, 0.15) is 10.4 Å². The second-order valence-electron chi connectivity index (χ2n) is 3.90. The van der Waals surface area contributed by atoms with E-state index in [2.05, 4.69) is 15.2 Å². The van der Waals surface area contributed by atoms with Crippen molar-refractivity contribution < 1.29 is 9.90 Å². The van der Waals surface area contributed by atoms with Crippen molar-refractivity contribution in [2.75, 3.05) is 0 Å². The fourth-order valence-corrected chi connectivity index (χ4v) is 1.92. The molecule has 0 atom stereocenters. The van der Waals surface area contributed by atoms with Crippen molar-refractivity contribution in [3.05, 3.63) is 48.4 Å². The maximum atomic E-state index is 10.9. The number of pyridine rings is 1. The fourth-order valence-electron chi connectivity index (χ4n) is 1.92. The van der Waals surface area contributed by atoms with E-state index in [1.807, 2.05) is 18.2 Å². The van der Waals surface area contributed by atoms with E-state index in [0.29, 0.717) is 0 Å². The van der Waals surface area contributed by atoms with E-state index in [9.17, 15) is 4.79 Å². The molecule has 0 spiro atoms. The molecule has 88 valence electrons. The van der Waals surface area contributed by atoms with Crippen LogP contribution in [0.5, 0.6) is 0 Å². The summed E-state index contributed by atoms with van der Waals surface area (Å²) in [5.41, 5.74) is 2.76. The molecule has 0 saturated carbocycles. The van der Waals surface area contributed by atoms with E-state index in [-0.39, 0.29) is 5.56 Å². The van der Waals surface area contributed by atoms with Gasteiger partial charge < -0.3 is 5.11 Å². The zero-order valence-electron chi connectivity index (χ0n) is 9.29. The predicted molar refractivity (Wildman–Crippen MR) is 66.3 cm³/mol. The summed E-state index contributed by atoms with van der Waals surface area (Å²) < 4.78 is 0. The normalized spacial score (nSPS) is 10.7. The Bertz CT molecular complexity index is 734. The largest absolute Gasteiger partial charge is 0.478 e. The minimum absolute atomic E-state index is 0.174. The molecule has 0 saturated heterocycles. The van der Waals surface area contributed by atoms with Crippen LogP contribution in [0.25, 0.3) is 22.0 Å². The first-order valence-electron chi connectivity index (χ1n) is 5.36. The van der Waals surface area contributed by atoms with Crippen LogP contribution in [0.15, 0.2) is 42.9 Å². The summed E-state index contributed by atoms with van der Waals surface area (Å²) in [5.74, 6) is -0.983. The third-order valence-electron chi connectivity index (χ3n) is 2.78. The molecule has 0 bridgehead atoms. The second kappa shape index (κ2) is 3.96. The smallest absolute Gasteiger partial charge is 0.337 e. The number of carboxylic acids is 1. The Labute approximate surface area is 102 Å². The summed E-state index contributed by atoms with van der Waals surface area (Å²) in [5, 5.41) is 16.8. The third-order valence-corrected chi connectivity index (χ3v) is 2.78. The van der Waals surface area contributed by atoms with E-state index in [0.717, 1.165) is 22.0 Å². The number of hydrogen-bond donors (Lipinski definition) is 2. The van der Waals surface area contributed by atoms with E-state index in [1.54, 1.807) is 18.5 Å². The van der Waals surface area contributed by atoms with Gasteiger partial charge in [-0.15, -0.1) is 0 Å². The third kappa shape index (κ3) is 1.62. The van der Waals surface area contributed by atoms with Gasteiger partial charge in [-0.1, -0.05) is 12.1 Å². The van der Waals surface area contributed by atoms with Gasteiger partial charge in [0.15, 0.2) is 0 Å². The fraction of sp³-hybridized carbons (Fsp3) is 0. The van der Waals surface area contributed by atoms with Gasteiger partial charge in [0.25, 0.3) is 0 Å². The van der Waals surface area contributed by atoms with Gasteiger partial charge in [0.1, 0.15) is 0 Å². The number of hydrogen-bond acceptors (Lipinski definition) is 3. The standard InChI is InChI=1S/C13H9N3O2/c17-13(18)9-4-8(5-14-6-9)10-2-1-3-12-11(10)7-15-16-12/h1-7H,(H,15,16)(H,17,18). The van der Waals surface area contributed by atoms with Gasteiger partial charge >= 0.3 is 5.97 Å². The van der Waals surface area contributed by atoms with Crippen LogP contribution < -0.4 is 0 Å². The Morgan fingerprint density at radius 1 is 1.22 bits per heavy atom. The van der Waals surface area contributed by atoms with Gasteiger partial charge in [0.2, 0.25) is 0 Å². The average molecular weight is 239 g/mol. The minimum Gasteiger partial charge on any atom is -0.478 e. The summed E-state index contributed by atoms with van der Waals surface area (Å²) in [7, 11) is 0. The highest BCUT2D eigenvalue weighted by Crippen LogP contribution is 2.27. The molecular weight excluding hydrogens is 230 g/mol. The number of nitrogens with zero attached hydrogens (tertiary/aromatic N) is 2. The van der Waals surface area contributed by atoms with Crippen LogP contribution in [0.3, 0.4) is 0 Å². The Hall–Kier alpha value is -2.69. The monoisotopic (exact) mass is 239 g/mol. The lowest BCUT2D eigenvalue weighted by Gasteiger charge is -2.03. The van der Waals surface area contributed by atoms with E-state index in [4.69, 9.17) is 5.11 Å². The molecule has 0 unspecified atom stereocenters. The van der Waals surface area contributed by atoms with Crippen LogP contribution in [0.4, 0.5) is 0 Å². The first-order valence-corrected chi connectivity index (χ1v) is 5.36. The molecule has 0 aliphatic rings. The lowest BCUT2D eigenvalue weighted by atomic mass is 10.0. The van der Waals surface area contributed by atoms with Crippen LogP contribution in [-0.2, 0) is 0 Å². The molecule has 3 aromatic rings. The average Bonchev–Trinajstić information content (AvgIpc) is 2.87. The highest BCUT2D eigenvalue weighted by Gasteiger charge is 2.08. The minimum atomic E-state index is -0.983. The predicted octanol–water partition coefficient (Wildman–Crippen LogP) is 2.32. The van der Waals surface area contributed by atoms with Crippen molar-refractivity contribution in [2.24, 2.45) is 0 Å². The first kappa shape index (κ1) is 10.5. The van der Waals surface area contributed by atoms with Gasteiger partial charge in [-0.3, -0.25) is 10.1 Å². The summed E-state index contributed by atoms with van der Waals surface area (Å²) in [6, 6.07) is 7.33. The van der Waals surface area contributed by atoms with Crippen molar-refractivity contribution in [3.63, 3.8) is 0 Å². The van der Waals surface area contributed by atoms with Gasteiger partial charge in [-0.05, 0) is 17.7 Å². The molecule has 2 N–H and O–H groups in total. The van der Waals surface area contributed by atoms with Gasteiger partial charge in [0.05, 0.1) is 17.3 Å². The Morgan fingerprint density at radius 3 is 2.94 bits per heavy atom. The molecule has 2 heterocycles. The number of benzene rings is 1. The number of aromatic amines is 1. The highest BCUT2D eigenvalue weighted by molar-refractivity contribution is 5.96. The second-order valence-corrected chi connectivity index (χ2v) is 3.90. The Balaban J connectivity index is 2.23. The number of aromatic nitrogens is 3. The SMILES string of the molecule is O=C(O)c1cncc(-c2cccc3[nH]ncc23)c1. The van der Waals surface area contributed by atoms with E-state index < -0.39 is 5.97 Å². The molecule has 0 fully saturated rings. The van der Waals surface area contributed by atoms with E-state index in [1.165, 1.54) is 6.20 Å². The van der Waals surface area contributed by atoms with Crippen molar-refractivity contribution >= 4 is 16.9 Å². The van der Waals surface area contributed by atoms with Crippen molar-refractivity contribution in [1.29, 1.82) is 0 Å². The summed E-state index contributed by atoms with van der Waals surface area (Å²) in [6.07, 6.45) is 4.70. The van der Waals surface area contributed by atoms with Crippen molar-refractivity contribution in [3.8, 4) is 11.1 Å². The highest BCUT2D eigenvalue weighted by atomic mass is 16.4. The molecular formula is C13H9N3O2. The van der Waals surface area contributed by atoms with Crippen LogP contribution in [-0.4, -0.2) is 26.3 Å². The number of aromatic carboxylic acids is 1. The molecule has 0 aliphatic heterocycles. The van der Waals surface area contributed by atoms with Gasteiger partial charge in [-0.2, -0.15) is 5.10 Å². The zero-order chi connectivity index (χ0) is 12.5. The molecule has 18 heavy (non-hydrogen) atoms. The number of fused-ring (bicyclic) bond motifs is 1. The number of carbonyl (C=O) groups is 1. The molecule has 0 radical (unpaired) electrons. The van der Waals surface area contributed by atoms with Crippen molar-refractivity contribution in [2.45, 2.75) is 0 Å². The Morgan fingerprint density at radius 2 is 2.11 bits per heavy atom. The molecule has 0 aliphatic carbocycles. The van der Waals surface area contributed by atoms with Crippen molar-refractivity contribution in [1.82, 2.24) is 15.2 Å². The summed E-state index contributed by atoms with van der Waals surface area (Å²) in [4.78, 5) is 14.9. The van der Waals surface area contributed by atoms with E-state index >= 15 is 0 Å². The topological polar surface area (TPSA) is 78.9 Å². The molecule has 5 heteroatoms. The quantitative estimate of drug-likeness (QED) is 0.719. The maximum absolute atomic E-state index is 10.9. The lowest BCUT2D eigenvalue weighted by Crippen LogP contribution is -1.97. The number of H-pyrrole nitrogens is 1. The van der Waals surface area contributed by atoms with Gasteiger partial charge in [-0.25, -0.2) is 4.79 Å². The number of rotatable bonds is 2. The molecule has 3 rings (SSSR count). The molecule has 2 aromatic heterocycles. The molecule has 0 amide bonds. The zero-order valence-corrected chi connectivity index (χ0v) is 9.29. The van der Waals surface area contributed by atoms with Gasteiger partial charge in [0, 0.05) is 23.3 Å². The summed E-state index contributed by atoms with van der Waals surface area (Å²) in [6.45, 7) is 0. The first-order chi connectivity index (χ1) is 8.75. The lowest BCUT2D eigenvalue weighted by molar-refractivity contribution is 0.0696. The number of carboxylic acid groups (broad SMARTS) is 1. The maximum Gasteiger partial charge on any atom is 0.337 e. The molecule has 5 nitrogen and oxygen atoms in total. The Kier molecular flexibility index (Phi) is 2.30.